The van der Waals surface area contributed by atoms with E-state index in [1.54, 1.807) is 37.3 Å². The van der Waals surface area contributed by atoms with Gasteiger partial charge in [0, 0.05) is 12.2 Å². The van der Waals surface area contributed by atoms with Crippen molar-refractivity contribution in [3.8, 4) is 5.75 Å². The summed E-state index contributed by atoms with van der Waals surface area (Å²) < 4.78 is 0. The number of phenolic OH excluding ortho intramolecular Hbond substituents is 1. The van der Waals surface area contributed by atoms with Crippen LogP contribution >= 0.6 is 0 Å². The molecular formula is C12H17NO3. The largest absolute Gasteiger partial charge is 0.508 e. The summed E-state index contributed by atoms with van der Waals surface area (Å²) in [5, 5.41) is 16.9. The lowest BCUT2D eigenvalue weighted by Gasteiger charge is -1.90. The van der Waals surface area contributed by atoms with Crippen LogP contribution in [0.25, 0.3) is 0 Å². The minimum Gasteiger partial charge on any atom is -0.508 e. The summed E-state index contributed by atoms with van der Waals surface area (Å²) in [7, 11) is 0. The van der Waals surface area contributed by atoms with Crippen LogP contribution in [0, 0.1) is 0 Å². The Morgan fingerprint density at radius 3 is 2.25 bits per heavy atom. The molecule has 0 heterocycles. The van der Waals surface area contributed by atoms with Crippen LogP contribution in [0.15, 0.2) is 42.0 Å². The topological polar surface area (TPSA) is 83.5 Å². The van der Waals surface area contributed by atoms with Crippen LogP contribution in [-0.2, 0) is 4.79 Å². The van der Waals surface area contributed by atoms with Crippen molar-refractivity contribution >= 4 is 5.91 Å². The van der Waals surface area contributed by atoms with Gasteiger partial charge in [-0.1, -0.05) is 24.3 Å². The maximum absolute atomic E-state index is 10.3. The zero-order valence-corrected chi connectivity index (χ0v) is 9.26. The number of rotatable bonds is 3. The number of aromatic hydroxyl groups is 1. The van der Waals surface area contributed by atoms with Crippen LogP contribution < -0.4 is 5.73 Å². The second-order valence-corrected chi connectivity index (χ2v) is 3.10. The molecule has 0 radical (unpaired) electrons. The van der Waals surface area contributed by atoms with Gasteiger partial charge in [0.1, 0.15) is 5.75 Å². The smallest absolute Gasteiger partial charge is 0.244 e. The van der Waals surface area contributed by atoms with E-state index in [0.29, 0.717) is 17.7 Å². The van der Waals surface area contributed by atoms with E-state index in [9.17, 15) is 4.79 Å². The molecule has 0 fully saturated rings. The van der Waals surface area contributed by atoms with Crippen molar-refractivity contribution in [3.05, 3.63) is 42.0 Å². The molecule has 1 rings (SSSR count). The van der Waals surface area contributed by atoms with E-state index in [-0.39, 0.29) is 6.61 Å². The van der Waals surface area contributed by atoms with Gasteiger partial charge in [-0.05, 0) is 25.5 Å². The van der Waals surface area contributed by atoms with Crippen molar-refractivity contribution in [1.29, 1.82) is 0 Å². The molecule has 0 spiro atoms. The summed E-state index contributed by atoms with van der Waals surface area (Å²) in [6.07, 6.45) is 2.11. The second-order valence-electron chi connectivity index (χ2n) is 3.10. The molecule has 0 aromatic heterocycles. The Morgan fingerprint density at radius 2 is 1.94 bits per heavy atom. The minimum absolute atomic E-state index is 0.0601. The summed E-state index contributed by atoms with van der Waals surface area (Å²) in [5.41, 5.74) is 5.39. The van der Waals surface area contributed by atoms with Crippen LogP contribution in [0.2, 0.25) is 0 Å². The van der Waals surface area contributed by atoms with Crippen molar-refractivity contribution < 1.29 is 15.0 Å². The number of benzene rings is 1. The van der Waals surface area contributed by atoms with Crippen LogP contribution in [-0.4, -0.2) is 22.7 Å². The van der Waals surface area contributed by atoms with Crippen molar-refractivity contribution in [3.63, 3.8) is 0 Å². The fraction of sp³-hybridized carbons (Fsp3) is 0.250. The molecule has 1 aromatic rings. The summed E-state index contributed by atoms with van der Waals surface area (Å²) >= 11 is 0. The van der Waals surface area contributed by atoms with E-state index in [1.807, 2.05) is 6.07 Å². The van der Waals surface area contributed by atoms with E-state index in [0.717, 1.165) is 0 Å². The molecular weight excluding hydrogens is 206 g/mol. The zero-order chi connectivity index (χ0) is 12.4. The second kappa shape index (κ2) is 8.49. The summed E-state index contributed by atoms with van der Waals surface area (Å²) in [4.78, 5) is 10.3. The lowest BCUT2D eigenvalue weighted by atomic mass is 10.2. The van der Waals surface area contributed by atoms with Gasteiger partial charge in [0.05, 0.1) is 0 Å². The van der Waals surface area contributed by atoms with Crippen LogP contribution in [0.5, 0.6) is 5.75 Å². The first-order chi connectivity index (χ1) is 7.57. The maximum atomic E-state index is 10.3. The van der Waals surface area contributed by atoms with Gasteiger partial charge in [-0.2, -0.15) is 0 Å². The monoisotopic (exact) mass is 223 g/mol. The Hall–Kier alpha value is -1.81. The Labute approximate surface area is 95.0 Å². The highest BCUT2D eigenvalue weighted by atomic mass is 16.3. The molecule has 0 saturated heterocycles. The number of amides is 1. The summed E-state index contributed by atoms with van der Waals surface area (Å²) in [5.74, 6) is -0.106. The number of nitrogens with two attached hydrogens (primary N) is 1. The van der Waals surface area contributed by atoms with Crippen molar-refractivity contribution in [2.75, 3.05) is 6.61 Å². The highest BCUT2D eigenvalue weighted by Gasteiger charge is 1.93. The molecule has 4 nitrogen and oxygen atoms in total. The lowest BCUT2D eigenvalue weighted by molar-refractivity contribution is -0.114. The molecule has 16 heavy (non-hydrogen) atoms. The molecule has 0 bridgehead atoms. The maximum Gasteiger partial charge on any atom is 0.244 e. The summed E-state index contributed by atoms with van der Waals surface area (Å²) in [6.45, 7) is 1.68. The number of hydrogen-bond acceptors (Lipinski definition) is 3. The zero-order valence-electron chi connectivity index (χ0n) is 9.26. The molecule has 4 heteroatoms. The number of phenols is 1. The van der Waals surface area contributed by atoms with Crippen molar-refractivity contribution in [1.82, 2.24) is 0 Å². The SMILES string of the molecule is CC(=CCCO)C(N)=O.Oc1ccccc1. The third-order valence-electron chi connectivity index (χ3n) is 1.72. The van der Waals surface area contributed by atoms with E-state index in [1.165, 1.54) is 0 Å². The Morgan fingerprint density at radius 1 is 1.38 bits per heavy atom. The Kier molecular flexibility index (Phi) is 7.53. The summed E-state index contributed by atoms with van der Waals surface area (Å²) in [6, 6.07) is 8.71. The van der Waals surface area contributed by atoms with Crippen LogP contribution in [0.1, 0.15) is 13.3 Å². The van der Waals surface area contributed by atoms with Gasteiger partial charge in [-0.15, -0.1) is 0 Å². The molecule has 0 aliphatic heterocycles. The molecule has 0 saturated carbocycles. The van der Waals surface area contributed by atoms with Gasteiger partial charge in [0.2, 0.25) is 5.91 Å². The van der Waals surface area contributed by atoms with E-state index in [4.69, 9.17) is 15.9 Å². The molecule has 0 aliphatic carbocycles. The fourth-order valence-corrected chi connectivity index (χ4v) is 0.810. The number of hydrogen-bond donors (Lipinski definition) is 3. The average molecular weight is 223 g/mol. The number of para-hydroxylation sites is 1. The van der Waals surface area contributed by atoms with E-state index in [2.05, 4.69) is 0 Å². The third kappa shape index (κ3) is 7.58. The van der Waals surface area contributed by atoms with Gasteiger partial charge >= 0.3 is 0 Å². The predicted octanol–water partition coefficient (Wildman–Crippen LogP) is 1.19. The Bertz CT molecular complexity index is 333. The van der Waals surface area contributed by atoms with E-state index < -0.39 is 5.91 Å². The predicted molar refractivity (Wildman–Crippen MR) is 62.8 cm³/mol. The van der Waals surface area contributed by atoms with Crippen molar-refractivity contribution in [2.24, 2.45) is 5.73 Å². The highest BCUT2D eigenvalue weighted by molar-refractivity contribution is 5.91. The van der Waals surface area contributed by atoms with Gasteiger partial charge in [0.15, 0.2) is 0 Å². The molecule has 1 aromatic carbocycles. The van der Waals surface area contributed by atoms with Gasteiger partial charge in [-0.25, -0.2) is 0 Å². The quantitative estimate of drug-likeness (QED) is 0.673. The normalized spacial score (nSPS) is 10.2. The lowest BCUT2D eigenvalue weighted by Crippen LogP contribution is -2.11. The number of carbonyl (C=O) groups excluding carboxylic acids is 1. The van der Waals surface area contributed by atoms with Crippen LogP contribution in [0.3, 0.4) is 0 Å². The van der Waals surface area contributed by atoms with Crippen LogP contribution in [0.4, 0.5) is 0 Å². The number of aliphatic hydroxyl groups is 1. The first-order valence-corrected chi connectivity index (χ1v) is 4.89. The molecule has 1 amide bonds. The number of primary amides is 1. The minimum atomic E-state index is -0.427. The van der Waals surface area contributed by atoms with Gasteiger partial charge in [-0.3, -0.25) is 4.79 Å². The molecule has 4 N–H and O–H groups in total. The van der Waals surface area contributed by atoms with Gasteiger partial charge in [0.25, 0.3) is 0 Å². The van der Waals surface area contributed by atoms with Gasteiger partial charge < -0.3 is 15.9 Å². The molecule has 88 valence electrons. The molecule has 0 aliphatic rings. The third-order valence-corrected chi connectivity index (χ3v) is 1.72. The first-order valence-electron chi connectivity index (χ1n) is 4.89. The molecule has 0 unspecified atom stereocenters. The van der Waals surface area contributed by atoms with E-state index >= 15 is 0 Å². The highest BCUT2D eigenvalue weighted by Crippen LogP contribution is 2.02. The number of aliphatic hydroxyl groups excluding tert-OH is 1. The average Bonchev–Trinajstić information content (AvgIpc) is 2.27. The standard InChI is InChI=1S/C6H11NO2.C6H6O/c1-5(6(7)9)3-2-4-8;7-6-4-2-1-3-5-6/h3,8H,2,4H2,1H3,(H2,7,9);1-5,7H. The fourth-order valence-electron chi connectivity index (χ4n) is 0.810. The first kappa shape index (κ1) is 14.2. The number of carbonyl (C=O) groups is 1. The molecule has 0 atom stereocenters. The van der Waals surface area contributed by atoms with Crippen molar-refractivity contribution in [2.45, 2.75) is 13.3 Å². The Balaban J connectivity index is 0.000000288.